The number of amides is 1. The van der Waals surface area contributed by atoms with Gasteiger partial charge in [-0.05, 0) is 24.3 Å². The summed E-state index contributed by atoms with van der Waals surface area (Å²) in [6, 6.07) is 6.77. The number of hydrogen-bond donors (Lipinski definition) is 3. The highest BCUT2D eigenvalue weighted by molar-refractivity contribution is 5.94. The summed E-state index contributed by atoms with van der Waals surface area (Å²) >= 11 is 0. The molecule has 1 aromatic carbocycles. The van der Waals surface area contributed by atoms with Crippen molar-refractivity contribution in [2.24, 2.45) is 17.4 Å². The zero-order valence-electron chi connectivity index (χ0n) is 9.07. The van der Waals surface area contributed by atoms with Crippen LogP contribution in [-0.4, -0.2) is 18.3 Å². The smallest absolute Gasteiger partial charge is 0.223 e. The Bertz CT molecular complexity index is 387. The van der Waals surface area contributed by atoms with Crippen LogP contribution >= 0.6 is 0 Å². The van der Waals surface area contributed by atoms with Gasteiger partial charge in [-0.25, -0.2) is 0 Å². The summed E-state index contributed by atoms with van der Waals surface area (Å²) < 4.78 is 5.35. The molecule has 5 nitrogen and oxygen atoms in total. The van der Waals surface area contributed by atoms with E-state index in [4.69, 9.17) is 21.6 Å². The Labute approximate surface area is 93.9 Å². The average Bonchev–Trinajstić information content (AvgIpc) is 2.26. The Kier molecular flexibility index (Phi) is 3.88. The third-order valence-corrected chi connectivity index (χ3v) is 2.15. The molecule has 0 aliphatic heterocycles. The molecule has 0 fully saturated rings. The molecular formula is C11H15N3O2. The second kappa shape index (κ2) is 5.16. The first-order chi connectivity index (χ1) is 7.50. The molecule has 0 radical (unpaired) electrons. The predicted octanol–water partition coefficient (Wildman–Crippen LogP) is 0.471. The van der Waals surface area contributed by atoms with Gasteiger partial charge >= 0.3 is 0 Å². The summed E-state index contributed by atoms with van der Waals surface area (Å²) in [5.41, 5.74) is 11.0. The van der Waals surface area contributed by atoms with Gasteiger partial charge in [-0.3, -0.25) is 10.2 Å². The van der Waals surface area contributed by atoms with Gasteiger partial charge in [0.15, 0.2) is 0 Å². The molecule has 0 saturated heterocycles. The highest BCUT2D eigenvalue weighted by atomic mass is 16.5. The van der Waals surface area contributed by atoms with Crippen LogP contribution in [-0.2, 0) is 4.79 Å². The van der Waals surface area contributed by atoms with E-state index in [0.29, 0.717) is 11.3 Å². The maximum atomic E-state index is 10.8. The van der Waals surface area contributed by atoms with E-state index in [1.54, 1.807) is 31.2 Å². The number of carbonyl (C=O) groups is 1. The minimum Gasteiger partial charge on any atom is -0.493 e. The van der Waals surface area contributed by atoms with Crippen molar-refractivity contribution in [1.82, 2.24) is 0 Å². The van der Waals surface area contributed by atoms with Crippen LogP contribution in [0.2, 0.25) is 0 Å². The molecule has 1 amide bonds. The van der Waals surface area contributed by atoms with Gasteiger partial charge in [-0.2, -0.15) is 0 Å². The second-order valence-corrected chi connectivity index (χ2v) is 3.55. The molecule has 0 saturated carbocycles. The van der Waals surface area contributed by atoms with Crippen molar-refractivity contribution in [3.8, 4) is 5.75 Å². The van der Waals surface area contributed by atoms with Gasteiger partial charge in [0.2, 0.25) is 5.91 Å². The molecule has 1 aromatic rings. The number of ether oxygens (including phenoxy) is 1. The first-order valence-corrected chi connectivity index (χ1v) is 4.87. The van der Waals surface area contributed by atoms with Gasteiger partial charge in [0.25, 0.3) is 0 Å². The minimum atomic E-state index is -0.389. The summed E-state index contributed by atoms with van der Waals surface area (Å²) in [5.74, 6) is -0.0806. The quantitative estimate of drug-likeness (QED) is 0.497. The third-order valence-electron chi connectivity index (χ3n) is 2.15. The molecule has 0 aliphatic carbocycles. The number of amidine groups is 1. The van der Waals surface area contributed by atoms with Gasteiger partial charge in [-0.1, -0.05) is 6.92 Å². The number of benzene rings is 1. The Morgan fingerprint density at radius 1 is 1.38 bits per heavy atom. The van der Waals surface area contributed by atoms with E-state index in [0.717, 1.165) is 0 Å². The van der Waals surface area contributed by atoms with Crippen molar-refractivity contribution in [2.75, 3.05) is 6.61 Å². The van der Waals surface area contributed by atoms with Gasteiger partial charge < -0.3 is 16.2 Å². The van der Waals surface area contributed by atoms with Crippen molar-refractivity contribution < 1.29 is 9.53 Å². The predicted molar refractivity (Wildman–Crippen MR) is 61.3 cm³/mol. The third kappa shape index (κ3) is 3.27. The van der Waals surface area contributed by atoms with Crippen LogP contribution in [0.5, 0.6) is 5.75 Å². The number of hydrogen-bond acceptors (Lipinski definition) is 3. The lowest BCUT2D eigenvalue weighted by Crippen LogP contribution is -2.25. The van der Waals surface area contributed by atoms with E-state index in [9.17, 15) is 4.79 Å². The van der Waals surface area contributed by atoms with Crippen molar-refractivity contribution in [2.45, 2.75) is 6.92 Å². The largest absolute Gasteiger partial charge is 0.493 e. The molecule has 0 heterocycles. The Morgan fingerprint density at radius 3 is 2.38 bits per heavy atom. The zero-order chi connectivity index (χ0) is 12.1. The maximum absolute atomic E-state index is 10.8. The molecular weight excluding hydrogens is 206 g/mol. The molecule has 0 spiro atoms. The van der Waals surface area contributed by atoms with E-state index in [1.165, 1.54) is 0 Å². The SMILES string of the molecule is CC(COc1ccc(C(=N)N)cc1)C(N)=O. The molecule has 5 N–H and O–H groups in total. The average molecular weight is 221 g/mol. The first kappa shape index (κ1) is 12.0. The molecule has 1 rings (SSSR count). The number of nitrogens with two attached hydrogens (primary N) is 2. The standard InChI is InChI=1S/C11H15N3O2/c1-7(11(14)15)6-16-9-4-2-8(3-5-9)10(12)13/h2-5,7H,6H2,1H3,(H3,12,13)(H2,14,15). The van der Waals surface area contributed by atoms with Crippen LogP contribution in [0, 0.1) is 11.3 Å². The Balaban J connectivity index is 2.56. The fraction of sp³-hybridized carbons (Fsp3) is 0.273. The molecule has 1 unspecified atom stereocenters. The van der Waals surface area contributed by atoms with Crippen LogP contribution in [0.15, 0.2) is 24.3 Å². The summed E-state index contributed by atoms with van der Waals surface area (Å²) in [6.45, 7) is 1.95. The van der Waals surface area contributed by atoms with E-state index in [2.05, 4.69) is 0 Å². The zero-order valence-corrected chi connectivity index (χ0v) is 9.07. The molecule has 86 valence electrons. The molecule has 1 atom stereocenters. The molecule has 16 heavy (non-hydrogen) atoms. The molecule has 0 bridgehead atoms. The fourth-order valence-corrected chi connectivity index (χ4v) is 1.03. The highest BCUT2D eigenvalue weighted by Crippen LogP contribution is 2.12. The molecule has 0 aliphatic rings. The fourth-order valence-electron chi connectivity index (χ4n) is 1.03. The van der Waals surface area contributed by atoms with Gasteiger partial charge in [-0.15, -0.1) is 0 Å². The van der Waals surface area contributed by atoms with Gasteiger partial charge in [0, 0.05) is 5.56 Å². The summed E-state index contributed by atoms with van der Waals surface area (Å²) in [5, 5.41) is 7.21. The second-order valence-electron chi connectivity index (χ2n) is 3.55. The van der Waals surface area contributed by atoms with Gasteiger partial charge in [0.05, 0.1) is 12.5 Å². The van der Waals surface area contributed by atoms with Crippen LogP contribution in [0.3, 0.4) is 0 Å². The number of rotatable bonds is 5. The van der Waals surface area contributed by atoms with Crippen molar-refractivity contribution in [3.05, 3.63) is 29.8 Å². The number of nitrogen functional groups attached to an aromatic ring is 1. The number of carbonyl (C=O) groups excluding carboxylic acids is 1. The lowest BCUT2D eigenvalue weighted by Gasteiger charge is -2.10. The van der Waals surface area contributed by atoms with Crippen LogP contribution in [0.25, 0.3) is 0 Å². The molecule has 5 heteroatoms. The topological polar surface area (TPSA) is 102 Å². The lowest BCUT2D eigenvalue weighted by atomic mass is 10.2. The van der Waals surface area contributed by atoms with E-state index in [-0.39, 0.29) is 24.3 Å². The first-order valence-electron chi connectivity index (χ1n) is 4.87. The minimum absolute atomic E-state index is 0.0112. The normalized spacial score (nSPS) is 11.8. The van der Waals surface area contributed by atoms with Crippen LogP contribution in [0.1, 0.15) is 12.5 Å². The highest BCUT2D eigenvalue weighted by Gasteiger charge is 2.09. The van der Waals surface area contributed by atoms with E-state index < -0.39 is 0 Å². The van der Waals surface area contributed by atoms with E-state index >= 15 is 0 Å². The maximum Gasteiger partial charge on any atom is 0.223 e. The Morgan fingerprint density at radius 2 is 1.94 bits per heavy atom. The lowest BCUT2D eigenvalue weighted by molar-refractivity contribution is -0.122. The van der Waals surface area contributed by atoms with Crippen LogP contribution in [0.4, 0.5) is 0 Å². The monoisotopic (exact) mass is 221 g/mol. The summed E-state index contributed by atoms with van der Waals surface area (Å²) in [6.07, 6.45) is 0. The number of nitrogens with one attached hydrogen (secondary N) is 1. The van der Waals surface area contributed by atoms with Crippen molar-refractivity contribution in [3.63, 3.8) is 0 Å². The summed E-state index contributed by atoms with van der Waals surface area (Å²) in [7, 11) is 0. The van der Waals surface area contributed by atoms with Crippen LogP contribution < -0.4 is 16.2 Å². The Hall–Kier alpha value is -2.04. The van der Waals surface area contributed by atoms with Crippen molar-refractivity contribution in [1.29, 1.82) is 5.41 Å². The van der Waals surface area contributed by atoms with E-state index in [1.807, 2.05) is 0 Å². The van der Waals surface area contributed by atoms with Gasteiger partial charge in [0.1, 0.15) is 11.6 Å². The molecule has 0 aromatic heterocycles. The summed E-state index contributed by atoms with van der Waals surface area (Å²) in [4.78, 5) is 10.8. The van der Waals surface area contributed by atoms with Crippen molar-refractivity contribution >= 4 is 11.7 Å². The number of primary amides is 1.